The molecule has 0 spiro atoms. The van der Waals surface area contributed by atoms with Gasteiger partial charge in [0.2, 0.25) is 0 Å². The van der Waals surface area contributed by atoms with Crippen LogP contribution in [0, 0.1) is 0 Å². The van der Waals surface area contributed by atoms with Gasteiger partial charge in [-0.05, 0) is 48.2 Å². The van der Waals surface area contributed by atoms with Gasteiger partial charge in [0.25, 0.3) is 0 Å². The Hall–Kier alpha value is -1.23. The fourth-order valence-electron chi connectivity index (χ4n) is 3.11. The Morgan fingerprint density at radius 2 is 1.84 bits per heavy atom. The van der Waals surface area contributed by atoms with Crippen LogP contribution in [0.25, 0.3) is 0 Å². The van der Waals surface area contributed by atoms with Crippen molar-refractivity contribution >= 4 is 27.5 Å². The van der Waals surface area contributed by atoms with Crippen LogP contribution in [-0.4, -0.2) is 13.2 Å². The van der Waals surface area contributed by atoms with Crippen LogP contribution in [0.3, 0.4) is 0 Å². The summed E-state index contributed by atoms with van der Waals surface area (Å²) in [5.74, 6) is 1.48. The Morgan fingerprint density at radius 1 is 1.12 bits per heavy atom. The molecule has 0 bridgehead atoms. The lowest BCUT2D eigenvalue weighted by molar-refractivity contribution is 0.284. The summed E-state index contributed by atoms with van der Waals surface area (Å²) in [4.78, 5) is 0. The molecule has 1 saturated carbocycles. The molecule has 0 aromatic heterocycles. The Labute approximate surface area is 162 Å². The maximum atomic E-state index is 5.95. The second-order valence-electron chi connectivity index (χ2n) is 6.37. The van der Waals surface area contributed by atoms with E-state index in [1.807, 2.05) is 36.4 Å². The van der Waals surface area contributed by atoms with Crippen LogP contribution in [0.5, 0.6) is 11.5 Å². The van der Waals surface area contributed by atoms with Crippen LogP contribution in [0.4, 0.5) is 0 Å². The lowest BCUT2D eigenvalue weighted by atomic mass is 10.1. The van der Waals surface area contributed by atoms with E-state index in [-0.39, 0.29) is 0 Å². The zero-order valence-electron chi connectivity index (χ0n) is 14.4. The van der Waals surface area contributed by atoms with Crippen molar-refractivity contribution in [3.05, 3.63) is 57.0 Å². The van der Waals surface area contributed by atoms with Crippen molar-refractivity contribution in [1.29, 1.82) is 0 Å². The number of benzene rings is 2. The average Bonchev–Trinajstić information content (AvgIpc) is 3.14. The van der Waals surface area contributed by atoms with E-state index in [9.17, 15) is 0 Å². The van der Waals surface area contributed by atoms with Crippen molar-refractivity contribution < 1.29 is 9.47 Å². The van der Waals surface area contributed by atoms with Gasteiger partial charge in [-0.1, -0.05) is 52.5 Å². The average molecular weight is 425 g/mol. The van der Waals surface area contributed by atoms with Gasteiger partial charge in [-0.3, -0.25) is 0 Å². The van der Waals surface area contributed by atoms with Crippen molar-refractivity contribution in [2.75, 3.05) is 7.11 Å². The van der Waals surface area contributed by atoms with Gasteiger partial charge in [0.05, 0.1) is 7.11 Å². The normalized spacial score (nSPS) is 14.7. The van der Waals surface area contributed by atoms with Crippen LogP contribution in [0.2, 0.25) is 5.02 Å². The molecule has 0 heterocycles. The van der Waals surface area contributed by atoms with E-state index in [2.05, 4.69) is 21.2 Å². The van der Waals surface area contributed by atoms with E-state index < -0.39 is 0 Å². The van der Waals surface area contributed by atoms with E-state index in [0.29, 0.717) is 12.6 Å². The number of hydrogen-bond acceptors (Lipinski definition) is 3. The Balaban J connectivity index is 1.66. The summed E-state index contributed by atoms with van der Waals surface area (Å²) < 4.78 is 12.5. The molecule has 0 saturated heterocycles. The third kappa shape index (κ3) is 5.13. The molecule has 134 valence electrons. The summed E-state index contributed by atoms with van der Waals surface area (Å²) >= 11 is 9.58. The van der Waals surface area contributed by atoms with Gasteiger partial charge < -0.3 is 14.8 Å². The Bertz CT molecular complexity index is 700. The van der Waals surface area contributed by atoms with Crippen molar-refractivity contribution in [3.63, 3.8) is 0 Å². The molecule has 0 amide bonds. The summed E-state index contributed by atoms with van der Waals surface area (Å²) in [5.41, 5.74) is 2.25. The first kappa shape index (κ1) is 18.6. The lowest BCUT2D eigenvalue weighted by Crippen LogP contribution is -2.25. The van der Waals surface area contributed by atoms with Crippen molar-refractivity contribution in [1.82, 2.24) is 5.32 Å². The maximum absolute atomic E-state index is 5.95. The quantitative estimate of drug-likeness (QED) is 0.616. The molecule has 0 radical (unpaired) electrons. The zero-order chi connectivity index (χ0) is 17.6. The molecule has 1 N–H and O–H groups in total. The molecule has 0 atom stereocenters. The van der Waals surface area contributed by atoms with Crippen LogP contribution in [-0.2, 0) is 13.2 Å². The highest BCUT2D eigenvalue weighted by Gasteiger charge is 2.16. The van der Waals surface area contributed by atoms with Gasteiger partial charge in [-0.2, -0.15) is 0 Å². The van der Waals surface area contributed by atoms with E-state index in [4.69, 9.17) is 21.1 Å². The molecule has 3 nitrogen and oxygen atoms in total. The first-order chi connectivity index (χ1) is 12.2. The predicted octanol–water partition coefficient (Wildman–Crippen LogP) is 5.72. The molecule has 2 aromatic rings. The smallest absolute Gasteiger partial charge is 0.162 e. The van der Waals surface area contributed by atoms with Crippen molar-refractivity contribution in [2.24, 2.45) is 0 Å². The third-order valence-electron chi connectivity index (χ3n) is 4.58. The van der Waals surface area contributed by atoms with Gasteiger partial charge in [0, 0.05) is 22.1 Å². The first-order valence-electron chi connectivity index (χ1n) is 8.63. The van der Waals surface area contributed by atoms with Crippen molar-refractivity contribution in [3.8, 4) is 11.5 Å². The van der Waals surface area contributed by atoms with Crippen molar-refractivity contribution in [2.45, 2.75) is 44.9 Å². The summed E-state index contributed by atoms with van der Waals surface area (Å²) in [6.07, 6.45) is 5.22. The molecular formula is C20H23BrClNO2. The Morgan fingerprint density at radius 3 is 2.52 bits per heavy atom. The van der Waals surface area contributed by atoms with Gasteiger partial charge in [-0.25, -0.2) is 0 Å². The highest BCUT2D eigenvalue weighted by Crippen LogP contribution is 2.34. The second kappa shape index (κ2) is 8.93. The molecule has 1 aliphatic rings. The van der Waals surface area contributed by atoms with Gasteiger partial charge >= 0.3 is 0 Å². The number of halogens is 2. The van der Waals surface area contributed by atoms with Gasteiger partial charge in [-0.15, -0.1) is 0 Å². The number of nitrogens with one attached hydrogen (secondary N) is 1. The van der Waals surface area contributed by atoms with E-state index in [1.54, 1.807) is 7.11 Å². The maximum Gasteiger partial charge on any atom is 0.162 e. The topological polar surface area (TPSA) is 30.5 Å². The second-order valence-corrected chi connectivity index (χ2v) is 7.66. The standard InChI is InChI=1S/C20H23BrClNO2/c1-24-19-10-15(12-23-17-4-2-3-5-17)18(21)11-20(19)25-13-14-6-8-16(22)9-7-14/h6-11,17,23H,2-5,12-13H2,1H3. The highest BCUT2D eigenvalue weighted by molar-refractivity contribution is 9.10. The van der Waals surface area contributed by atoms with E-state index in [0.717, 1.165) is 33.1 Å². The van der Waals surface area contributed by atoms with E-state index in [1.165, 1.54) is 31.2 Å². The summed E-state index contributed by atoms with van der Waals surface area (Å²) in [5, 5.41) is 4.36. The molecule has 2 aromatic carbocycles. The number of methoxy groups -OCH3 is 1. The minimum atomic E-state index is 0.472. The van der Waals surface area contributed by atoms with Gasteiger partial charge in [0.1, 0.15) is 6.61 Å². The minimum absolute atomic E-state index is 0.472. The molecule has 3 rings (SSSR count). The monoisotopic (exact) mass is 423 g/mol. The summed E-state index contributed by atoms with van der Waals surface area (Å²) in [6, 6.07) is 12.3. The number of hydrogen-bond donors (Lipinski definition) is 1. The largest absolute Gasteiger partial charge is 0.493 e. The third-order valence-corrected chi connectivity index (χ3v) is 5.57. The van der Waals surface area contributed by atoms with Crippen LogP contribution < -0.4 is 14.8 Å². The highest BCUT2D eigenvalue weighted by atomic mass is 79.9. The summed E-state index contributed by atoms with van der Waals surface area (Å²) in [7, 11) is 1.67. The van der Waals surface area contributed by atoms with Gasteiger partial charge in [0.15, 0.2) is 11.5 Å². The molecule has 0 aliphatic heterocycles. The molecular weight excluding hydrogens is 402 g/mol. The fourth-order valence-corrected chi connectivity index (χ4v) is 3.70. The predicted molar refractivity (Wildman–Crippen MR) is 106 cm³/mol. The van der Waals surface area contributed by atoms with Crippen LogP contribution >= 0.6 is 27.5 Å². The van der Waals surface area contributed by atoms with Crippen LogP contribution in [0.1, 0.15) is 36.8 Å². The molecule has 5 heteroatoms. The lowest BCUT2D eigenvalue weighted by Gasteiger charge is -2.16. The Kier molecular flexibility index (Phi) is 6.63. The SMILES string of the molecule is COc1cc(CNC2CCCC2)c(Br)cc1OCc1ccc(Cl)cc1. The molecule has 25 heavy (non-hydrogen) atoms. The minimum Gasteiger partial charge on any atom is -0.493 e. The fraction of sp³-hybridized carbons (Fsp3) is 0.400. The van der Waals surface area contributed by atoms with E-state index >= 15 is 0 Å². The first-order valence-corrected chi connectivity index (χ1v) is 9.80. The zero-order valence-corrected chi connectivity index (χ0v) is 16.7. The molecule has 1 fully saturated rings. The summed E-state index contributed by atoms with van der Waals surface area (Å²) in [6.45, 7) is 1.30. The molecule has 1 aliphatic carbocycles. The number of ether oxygens (including phenoxy) is 2. The number of rotatable bonds is 7. The molecule has 0 unspecified atom stereocenters. The van der Waals surface area contributed by atoms with Crippen LogP contribution in [0.15, 0.2) is 40.9 Å².